The lowest BCUT2D eigenvalue weighted by Crippen LogP contribution is -2.36. The van der Waals surface area contributed by atoms with Gasteiger partial charge in [0.1, 0.15) is 11.2 Å². The van der Waals surface area contributed by atoms with Crippen LogP contribution in [0.4, 0.5) is 34.1 Å². The van der Waals surface area contributed by atoms with Crippen molar-refractivity contribution in [1.82, 2.24) is 0 Å². The van der Waals surface area contributed by atoms with Gasteiger partial charge in [0, 0.05) is 33.3 Å². The normalized spacial score (nSPS) is 12.9. The van der Waals surface area contributed by atoms with Crippen molar-refractivity contribution in [3.63, 3.8) is 0 Å². The van der Waals surface area contributed by atoms with Crippen LogP contribution in [0.25, 0.3) is 77.2 Å². The Morgan fingerprint density at radius 2 is 0.838 bits per heavy atom. The Labute approximate surface area is 430 Å². The average molecular weight is 943 g/mol. The van der Waals surface area contributed by atoms with Crippen molar-refractivity contribution in [2.75, 3.05) is 9.80 Å². The summed E-state index contributed by atoms with van der Waals surface area (Å²) in [6.07, 6.45) is 0. The van der Waals surface area contributed by atoms with Crippen LogP contribution >= 0.6 is 0 Å². The van der Waals surface area contributed by atoms with E-state index in [-0.39, 0.29) is 0 Å². The molecule has 0 fully saturated rings. The molecule has 0 radical (unpaired) electrons. The minimum atomic E-state index is -0.639. The van der Waals surface area contributed by atoms with E-state index in [0.717, 1.165) is 66.9 Å². The molecular formula is C71H46N2O. The summed E-state index contributed by atoms with van der Waals surface area (Å²) >= 11 is 0. The highest BCUT2D eigenvalue weighted by atomic mass is 16.3. The van der Waals surface area contributed by atoms with E-state index in [1.165, 1.54) is 66.7 Å². The molecule has 1 aromatic heterocycles. The van der Waals surface area contributed by atoms with Crippen LogP contribution in [-0.4, -0.2) is 0 Å². The molecule has 3 nitrogen and oxygen atoms in total. The summed E-state index contributed by atoms with van der Waals surface area (Å²) in [7, 11) is 0. The van der Waals surface area contributed by atoms with Gasteiger partial charge >= 0.3 is 0 Å². The summed E-state index contributed by atoms with van der Waals surface area (Å²) in [5, 5.41) is 4.65. The number of anilines is 6. The SMILES string of the molecule is c1ccc(N2c3ccccc3C3(c4ccccc4-c4ccc(N(c5ccccc5-c5ccc6oc7ccccc7c6c5)c5ccccc5-c5ccccc5-c5cccc6ccccc56)cc43)c3ccccc32)cc1. The molecule has 13 aromatic rings. The number of fused-ring (bicyclic) bond motifs is 13. The van der Waals surface area contributed by atoms with Gasteiger partial charge in [-0.05, 0) is 133 Å². The molecule has 346 valence electrons. The number of furan rings is 1. The first-order valence-electron chi connectivity index (χ1n) is 25.5. The molecule has 0 unspecified atom stereocenters. The first kappa shape index (κ1) is 42.0. The maximum absolute atomic E-state index is 6.39. The highest BCUT2D eigenvalue weighted by Crippen LogP contribution is 2.64. The molecule has 1 aliphatic heterocycles. The number of hydrogen-bond acceptors (Lipinski definition) is 3. The van der Waals surface area contributed by atoms with E-state index in [2.05, 4.69) is 283 Å². The van der Waals surface area contributed by atoms with Gasteiger partial charge in [-0.1, -0.05) is 212 Å². The Hall–Kier alpha value is -9.70. The fraction of sp³-hybridized carbons (Fsp3) is 0.0141. The number of nitrogens with zero attached hydrogens (tertiary/aromatic N) is 2. The van der Waals surface area contributed by atoms with E-state index < -0.39 is 5.41 Å². The van der Waals surface area contributed by atoms with Gasteiger partial charge in [0.25, 0.3) is 0 Å². The predicted octanol–water partition coefficient (Wildman–Crippen LogP) is 19.4. The lowest BCUT2D eigenvalue weighted by molar-refractivity contribution is 0.669. The second kappa shape index (κ2) is 16.7. The maximum Gasteiger partial charge on any atom is 0.135 e. The van der Waals surface area contributed by atoms with Crippen molar-refractivity contribution in [2.24, 2.45) is 0 Å². The van der Waals surface area contributed by atoms with E-state index in [9.17, 15) is 0 Å². The topological polar surface area (TPSA) is 19.6 Å². The summed E-state index contributed by atoms with van der Waals surface area (Å²) in [6, 6.07) is 102. The zero-order chi connectivity index (χ0) is 48.7. The highest BCUT2D eigenvalue weighted by molar-refractivity contribution is 6.08. The molecule has 1 spiro atoms. The first-order valence-corrected chi connectivity index (χ1v) is 25.5. The molecule has 3 heteroatoms. The molecule has 0 saturated carbocycles. The molecule has 15 rings (SSSR count). The molecule has 0 atom stereocenters. The molecule has 12 aromatic carbocycles. The van der Waals surface area contributed by atoms with Crippen molar-refractivity contribution in [3.8, 4) is 44.5 Å². The molecule has 0 N–H and O–H groups in total. The van der Waals surface area contributed by atoms with Gasteiger partial charge in [0.05, 0.1) is 28.2 Å². The molecular weight excluding hydrogens is 897 g/mol. The standard InChI is InChI=1S/C71H46N2O/c1-2-23-49(24-3-1)72-67-38-17-13-34-62(67)71(63-35-14-18-39-68(63)72)61-33-12-8-29-56(61)57-43-42-50(46-64(57)71)73(65-36-15-9-26-52(65)48-41-44-70-60(45-48)59-31-11-19-40-69(59)74-70)66-37-16-10-30-58(66)55-28-7-6-27-54(55)53-32-20-22-47-21-4-5-25-51(47)53/h1-46H. The number of hydrogen-bond donors (Lipinski definition) is 0. The van der Waals surface area contributed by atoms with Gasteiger partial charge in [-0.15, -0.1) is 0 Å². The quantitative estimate of drug-likeness (QED) is 0.159. The second-order valence-electron chi connectivity index (χ2n) is 19.5. The molecule has 74 heavy (non-hydrogen) atoms. The van der Waals surface area contributed by atoms with Crippen molar-refractivity contribution in [3.05, 3.63) is 301 Å². The van der Waals surface area contributed by atoms with Crippen LogP contribution in [0.2, 0.25) is 0 Å². The Bertz CT molecular complexity index is 4300. The molecule has 2 heterocycles. The molecule has 1 aliphatic carbocycles. The van der Waals surface area contributed by atoms with Gasteiger partial charge in [0.2, 0.25) is 0 Å². The van der Waals surface area contributed by atoms with Crippen LogP contribution in [0.1, 0.15) is 22.3 Å². The third kappa shape index (κ3) is 6.20. The van der Waals surface area contributed by atoms with Gasteiger partial charge in [-0.2, -0.15) is 0 Å². The van der Waals surface area contributed by atoms with Crippen LogP contribution in [0.15, 0.2) is 283 Å². The van der Waals surface area contributed by atoms with E-state index >= 15 is 0 Å². The Morgan fingerprint density at radius 3 is 1.61 bits per heavy atom. The van der Waals surface area contributed by atoms with Crippen molar-refractivity contribution in [2.45, 2.75) is 5.41 Å². The lowest BCUT2D eigenvalue weighted by Gasteiger charge is -2.45. The van der Waals surface area contributed by atoms with Crippen LogP contribution in [0.3, 0.4) is 0 Å². The van der Waals surface area contributed by atoms with Gasteiger partial charge in [-0.25, -0.2) is 0 Å². The average Bonchev–Trinajstić information content (AvgIpc) is 3.99. The minimum Gasteiger partial charge on any atom is -0.456 e. The summed E-state index contributed by atoms with van der Waals surface area (Å²) < 4.78 is 6.39. The van der Waals surface area contributed by atoms with Crippen LogP contribution in [0, 0.1) is 0 Å². The smallest absolute Gasteiger partial charge is 0.135 e. The summed E-state index contributed by atoms with van der Waals surface area (Å²) in [6.45, 7) is 0. The number of rotatable bonds is 7. The van der Waals surface area contributed by atoms with E-state index in [0.29, 0.717) is 0 Å². The van der Waals surface area contributed by atoms with Crippen LogP contribution < -0.4 is 9.80 Å². The van der Waals surface area contributed by atoms with E-state index in [1.54, 1.807) is 0 Å². The van der Waals surface area contributed by atoms with E-state index in [4.69, 9.17) is 4.42 Å². The Balaban J connectivity index is 1.01. The van der Waals surface area contributed by atoms with E-state index in [1.807, 2.05) is 6.07 Å². The zero-order valence-electron chi connectivity index (χ0n) is 40.4. The maximum atomic E-state index is 6.39. The Morgan fingerprint density at radius 1 is 0.311 bits per heavy atom. The monoisotopic (exact) mass is 942 g/mol. The fourth-order valence-electron chi connectivity index (χ4n) is 12.6. The fourth-order valence-corrected chi connectivity index (χ4v) is 12.6. The zero-order valence-corrected chi connectivity index (χ0v) is 40.4. The van der Waals surface area contributed by atoms with Gasteiger partial charge in [0.15, 0.2) is 0 Å². The van der Waals surface area contributed by atoms with Gasteiger partial charge in [-0.3, -0.25) is 0 Å². The van der Waals surface area contributed by atoms with Crippen molar-refractivity contribution in [1.29, 1.82) is 0 Å². The second-order valence-corrected chi connectivity index (χ2v) is 19.5. The summed E-state index contributed by atoms with van der Waals surface area (Å²) in [5.74, 6) is 0. The molecule has 0 saturated heterocycles. The summed E-state index contributed by atoms with van der Waals surface area (Å²) in [4.78, 5) is 4.97. The Kier molecular flexibility index (Phi) is 9.48. The molecule has 0 bridgehead atoms. The van der Waals surface area contributed by atoms with Crippen molar-refractivity contribution < 1.29 is 4.42 Å². The lowest BCUT2D eigenvalue weighted by atomic mass is 9.64. The van der Waals surface area contributed by atoms with Gasteiger partial charge < -0.3 is 14.2 Å². The van der Waals surface area contributed by atoms with Crippen LogP contribution in [-0.2, 0) is 5.41 Å². The van der Waals surface area contributed by atoms with Crippen LogP contribution in [0.5, 0.6) is 0 Å². The molecule has 2 aliphatic rings. The third-order valence-corrected chi connectivity index (χ3v) is 15.7. The van der Waals surface area contributed by atoms with Crippen molar-refractivity contribution >= 4 is 66.8 Å². The number of benzene rings is 12. The minimum absolute atomic E-state index is 0.639. The third-order valence-electron chi connectivity index (χ3n) is 15.7. The predicted molar refractivity (Wildman–Crippen MR) is 308 cm³/mol. The highest BCUT2D eigenvalue weighted by Gasteiger charge is 2.52. The number of para-hydroxylation sites is 6. The largest absolute Gasteiger partial charge is 0.456 e. The summed E-state index contributed by atoms with van der Waals surface area (Å²) in [5.41, 5.74) is 22.3. The molecule has 0 amide bonds. The first-order chi connectivity index (χ1) is 36.7.